The van der Waals surface area contributed by atoms with Gasteiger partial charge in [0.25, 0.3) is 0 Å². The monoisotopic (exact) mass is 258 g/mol. The maximum atomic E-state index is 5.61. The van der Waals surface area contributed by atoms with Crippen molar-refractivity contribution in [1.29, 1.82) is 0 Å². The summed E-state index contributed by atoms with van der Waals surface area (Å²) in [5, 5.41) is 4.70. The van der Waals surface area contributed by atoms with Gasteiger partial charge in [-0.1, -0.05) is 18.2 Å². The van der Waals surface area contributed by atoms with E-state index in [-0.39, 0.29) is 0 Å². The first-order chi connectivity index (χ1) is 9.20. The third-order valence-electron chi connectivity index (χ3n) is 4.52. The van der Waals surface area contributed by atoms with Gasteiger partial charge in [-0.3, -0.25) is 4.90 Å². The van der Waals surface area contributed by atoms with Gasteiger partial charge in [0.2, 0.25) is 0 Å². The molecule has 0 spiro atoms. The van der Waals surface area contributed by atoms with E-state index in [9.17, 15) is 0 Å². The molecule has 3 nitrogen and oxygen atoms in total. The van der Waals surface area contributed by atoms with Gasteiger partial charge in [-0.2, -0.15) is 0 Å². The van der Waals surface area contributed by atoms with Crippen molar-refractivity contribution in [3.05, 3.63) is 36.1 Å². The Morgan fingerprint density at radius 2 is 2.00 bits per heavy atom. The fourth-order valence-corrected chi connectivity index (χ4v) is 2.85. The Morgan fingerprint density at radius 3 is 2.74 bits per heavy atom. The molecule has 3 rings (SSSR count). The molecule has 0 radical (unpaired) electrons. The van der Waals surface area contributed by atoms with Crippen molar-refractivity contribution in [2.75, 3.05) is 20.1 Å². The van der Waals surface area contributed by atoms with Gasteiger partial charge in [0.1, 0.15) is 5.58 Å². The molecule has 19 heavy (non-hydrogen) atoms. The molecule has 3 heteroatoms. The van der Waals surface area contributed by atoms with Crippen molar-refractivity contribution in [2.45, 2.75) is 31.8 Å². The van der Waals surface area contributed by atoms with E-state index in [1.165, 1.54) is 23.8 Å². The van der Waals surface area contributed by atoms with Crippen LogP contribution in [-0.2, 0) is 6.54 Å². The smallest absolute Gasteiger partial charge is 0.134 e. The number of fused-ring (bicyclic) bond motifs is 1. The molecular weight excluding hydrogens is 236 g/mol. The minimum Gasteiger partial charge on any atom is -0.464 e. The summed E-state index contributed by atoms with van der Waals surface area (Å²) in [6, 6.07) is 8.29. The summed E-state index contributed by atoms with van der Waals surface area (Å²) in [6.45, 7) is 5.61. The zero-order valence-corrected chi connectivity index (χ0v) is 11.8. The Morgan fingerprint density at radius 1 is 1.26 bits per heavy atom. The molecule has 0 aliphatic carbocycles. The SMILES string of the molecule is CNC1(C)CCN(Cc2coc3ccccc23)CC1. The Labute approximate surface area is 114 Å². The van der Waals surface area contributed by atoms with Crippen LogP contribution in [0.3, 0.4) is 0 Å². The van der Waals surface area contributed by atoms with Crippen LogP contribution >= 0.6 is 0 Å². The standard InChI is InChI=1S/C16H22N2O/c1-16(17-2)7-9-18(10-8-16)11-13-12-19-15-6-4-3-5-14(13)15/h3-6,12,17H,7-11H2,1-2H3. The fraction of sp³-hybridized carbons (Fsp3) is 0.500. The number of hydrogen-bond donors (Lipinski definition) is 1. The second-order valence-corrected chi connectivity index (χ2v) is 5.84. The first-order valence-corrected chi connectivity index (χ1v) is 7.07. The van der Waals surface area contributed by atoms with Crippen LogP contribution in [0.1, 0.15) is 25.3 Å². The lowest BCUT2D eigenvalue weighted by molar-refractivity contribution is 0.146. The van der Waals surface area contributed by atoms with E-state index in [0.717, 1.165) is 25.2 Å². The number of benzene rings is 1. The van der Waals surface area contributed by atoms with E-state index in [2.05, 4.69) is 36.3 Å². The van der Waals surface area contributed by atoms with Crippen LogP contribution in [0.5, 0.6) is 0 Å². The molecule has 2 aromatic rings. The van der Waals surface area contributed by atoms with Crippen LogP contribution in [0.25, 0.3) is 11.0 Å². The van der Waals surface area contributed by atoms with Gasteiger partial charge in [-0.05, 0) is 32.9 Å². The summed E-state index contributed by atoms with van der Waals surface area (Å²) in [4.78, 5) is 2.52. The largest absolute Gasteiger partial charge is 0.464 e. The van der Waals surface area contributed by atoms with Crippen LogP contribution in [0.4, 0.5) is 0 Å². The van der Waals surface area contributed by atoms with Crippen molar-refractivity contribution < 1.29 is 4.42 Å². The zero-order valence-electron chi connectivity index (χ0n) is 11.8. The molecule has 1 aliphatic heterocycles. The average molecular weight is 258 g/mol. The van der Waals surface area contributed by atoms with Crippen LogP contribution in [0.2, 0.25) is 0 Å². The Balaban J connectivity index is 1.70. The molecule has 1 N–H and O–H groups in total. The molecule has 0 amide bonds. The summed E-state index contributed by atoms with van der Waals surface area (Å²) < 4.78 is 5.61. The molecule has 0 unspecified atom stereocenters. The number of hydrogen-bond acceptors (Lipinski definition) is 3. The number of furan rings is 1. The van der Waals surface area contributed by atoms with Crippen molar-refractivity contribution in [2.24, 2.45) is 0 Å². The second kappa shape index (κ2) is 4.99. The Bertz CT molecular complexity index is 553. The quantitative estimate of drug-likeness (QED) is 0.917. The third kappa shape index (κ3) is 2.53. The topological polar surface area (TPSA) is 28.4 Å². The van der Waals surface area contributed by atoms with Gasteiger partial charge in [0.05, 0.1) is 6.26 Å². The van der Waals surface area contributed by atoms with Crippen LogP contribution < -0.4 is 5.32 Å². The number of piperidine rings is 1. The van der Waals surface area contributed by atoms with E-state index in [0.29, 0.717) is 5.54 Å². The lowest BCUT2D eigenvalue weighted by atomic mass is 9.90. The molecular formula is C16H22N2O. The summed E-state index contributed by atoms with van der Waals surface area (Å²) in [5.41, 5.74) is 2.62. The molecule has 1 saturated heterocycles. The minimum absolute atomic E-state index is 0.314. The lowest BCUT2D eigenvalue weighted by Crippen LogP contribution is -2.49. The van der Waals surface area contributed by atoms with E-state index < -0.39 is 0 Å². The number of nitrogens with one attached hydrogen (secondary N) is 1. The van der Waals surface area contributed by atoms with E-state index in [1.807, 2.05) is 18.4 Å². The van der Waals surface area contributed by atoms with Gasteiger partial charge >= 0.3 is 0 Å². The second-order valence-electron chi connectivity index (χ2n) is 5.84. The Hall–Kier alpha value is -1.32. The maximum Gasteiger partial charge on any atom is 0.134 e. The third-order valence-corrected chi connectivity index (χ3v) is 4.52. The predicted octanol–water partition coefficient (Wildman–Crippen LogP) is 3.01. The van der Waals surface area contributed by atoms with Gasteiger partial charge in [-0.15, -0.1) is 0 Å². The van der Waals surface area contributed by atoms with E-state index in [4.69, 9.17) is 4.42 Å². The molecule has 1 fully saturated rings. The normalized spacial score (nSPS) is 19.9. The van der Waals surface area contributed by atoms with Gasteiger partial charge in [-0.25, -0.2) is 0 Å². The lowest BCUT2D eigenvalue weighted by Gasteiger charge is -2.39. The van der Waals surface area contributed by atoms with Crippen molar-refractivity contribution in [1.82, 2.24) is 10.2 Å². The fourth-order valence-electron chi connectivity index (χ4n) is 2.85. The molecule has 0 saturated carbocycles. The highest BCUT2D eigenvalue weighted by Gasteiger charge is 2.28. The van der Waals surface area contributed by atoms with Gasteiger partial charge in [0, 0.05) is 36.1 Å². The predicted molar refractivity (Wildman–Crippen MR) is 78.2 cm³/mol. The zero-order chi connectivity index (χ0) is 13.3. The summed E-state index contributed by atoms with van der Waals surface area (Å²) in [6.07, 6.45) is 4.33. The Kier molecular flexibility index (Phi) is 3.33. The number of para-hydroxylation sites is 1. The first-order valence-electron chi connectivity index (χ1n) is 7.07. The molecule has 1 aromatic carbocycles. The van der Waals surface area contributed by atoms with Crippen LogP contribution in [0, 0.1) is 0 Å². The van der Waals surface area contributed by atoms with Crippen molar-refractivity contribution in [3.8, 4) is 0 Å². The number of nitrogens with zero attached hydrogens (tertiary/aromatic N) is 1. The van der Waals surface area contributed by atoms with E-state index >= 15 is 0 Å². The van der Waals surface area contributed by atoms with Crippen molar-refractivity contribution >= 4 is 11.0 Å². The molecule has 1 aliphatic rings. The first kappa shape index (κ1) is 12.7. The van der Waals surface area contributed by atoms with Gasteiger partial charge in [0.15, 0.2) is 0 Å². The van der Waals surface area contributed by atoms with Crippen molar-refractivity contribution in [3.63, 3.8) is 0 Å². The molecule has 0 bridgehead atoms. The summed E-state index contributed by atoms with van der Waals surface area (Å²) in [5.74, 6) is 0. The highest BCUT2D eigenvalue weighted by molar-refractivity contribution is 5.80. The summed E-state index contributed by atoms with van der Waals surface area (Å²) >= 11 is 0. The highest BCUT2D eigenvalue weighted by atomic mass is 16.3. The molecule has 2 heterocycles. The maximum absolute atomic E-state index is 5.61. The number of rotatable bonds is 3. The van der Waals surface area contributed by atoms with E-state index in [1.54, 1.807) is 0 Å². The average Bonchev–Trinajstić information content (AvgIpc) is 2.85. The van der Waals surface area contributed by atoms with Crippen LogP contribution in [-0.4, -0.2) is 30.6 Å². The van der Waals surface area contributed by atoms with Crippen LogP contribution in [0.15, 0.2) is 34.9 Å². The molecule has 0 atom stereocenters. The molecule has 102 valence electrons. The molecule has 1 aromatic heterocycles. The minimum atomic E-state index is 0.314. The van der Waals surface area contributed by atoms with Gasteiger partial charge < -0.3 is 9.73 Å². The number of likely N-dealkylation sites (tertiary alicyclic amines) is 1. The summed E-state index contributed by atoms with van der Waals surface area (Å²) in [7, 11) is 2.07. The highest BCUT2D eigenvalue weighted by Crippen LogP contribution is 2.26.